The highest BCUT2D eigenvalue weighted by Gasteiger charge is 1.99. The second kappa shape index (κ2) is 4.75. The molecule has 2 aromatic rings. The Balaban J connectivity index is 2.05. The van der Waals surface area contributed by atoms with Crippen molar-refractivity contribution in [2.75, 3.05) is 5.32 Å². The van der Waals surface area contributed by atoms with Gasteiger partial charge in [-0.1, -0.05) is 12.1 Å². The van der Waals surface area contributed by atoms with Crippen LogP contribution in [0.15, 0.2) is 36.5 Å². The van der Waals surface area contributed by atoms with Crippen LogP contribution in [-0.2, 0) is 6.54 Å². The fourth-order valence-electron chi connectivity index (χ4n) is 1.54. The predicted molar refractivity (Wildman–Crippen MR) is 65.3 cm³/mol. The van der Waals surface area contributed by atoms with Crippen LogP contribution in [0.2, 0.25) is 0 Å². The first-order valence-corrected chi connectivity index (χ1v) is 5.34. The molecule has 3 nitrogen and oxygen atoms in total. The molecule has 0 spiro atoms. The van der Waals surface area contributed by atoms with Gasteiger partial charge < -0.3 is 5.32 Å². The third-order valence-electron chi connectivity index (χ3n) is 2.39. The molecule has 2 heterocycles. The molecule has 2 aromatic heterocycles. The summed E-state index contributed by atoms with van der Waals surface area (Å²) in [6, 6.07) is 10.0. The minimum atomic E-state index is 0.708. The van der Waals surface area contributed by atoms with E-state index in [0.717, 1.165) is 22.8 Å². The zero-order valence-electron chi connectivity index (χ0n) is 9.57. The summed E-state index contributed by atoms with van der Waals surface area (Å²) in [4.78, 5) is 8.70. The molecule has 0 unspecified atom stereocenters. The van der Waals surface area contributed by atoms with Gasteiger partial charge in [-0.05, 0) is 37.6 Å². The maximum absolute atomic E-state index is 4.43. The highest BCUT2D eigenvalue weighted by atomic mass is 15.0. The van der Waals surface area contributed by atoms with Crippen molar-refractivity contribution >= 4 is 5.82 Å². The summed E-state index contributed by atoms with van der Waals surface area (Å²) in [7, 11) is 0. The van der Waals surface area contributed by atoms with Gasteiger partial charge in [0.25, 0.3) is 0 Å². The summed E-state index contributed by atoms with van der Waals surface area (Å²) >= 11 is 0. The first kappa shape index (κ1) is 10.6. The van der Waals surface area contributed by atoms with Crippen molar-refractivity contribution in [3.05, 3.63) is 53.5 Å². The van der Waals surface area contributed by atoms with Crippen LogP contribution in [0.5, 0.6) is 0 Å². The van der Waals surface area contributed by atoms with Crippen LogP contribution in [0, 0.1) is 13.8 Å². The van der Waals surface area contributed by atoms with Crippen molar-refractivity contribution in [1.82, 2.24) is 9.97 Å². The van der Waals surface area contributed by atoms with Crippen LogP contribution >= 0.6 is 0 Å². The maximum atomic E-state index is 4.43. The van der Waals surface area contributed by atoms with Gasteiger partial charge in [-0.2, -0.15) is 0 Å². The minimum Gasteiger partial charge on any atom is -0.364 e. The van der Waals surface area contributed by atoms with Gasteiger partial charge in [0.1, 0.15) is 5.82 Å². The van der Waals surface area contributed by atoms with Crippen molar-refractivity contribution in [1.29, 1.82) is 0 Å². The number of nitrogens with zero attached hydrogens (tertiary/aromatic N) is 2. The number of rotatable bonds is 3. The van der Waals surface area contributed by atoms with Crippen LogP contribution in [0.25, 0.3) is 0 Å². The van der Waals surface area contributed by atoms with Gasteiger partial charge in [-0.3, -0.25) is 4.98 Å². The summed E-state index contributed by atoms with van der Waals surface area (Å²) < 4.78 is 0. The Hall–Kier alpha value is -1.90. The summed E-state index contributed by atoms with van der Waals surface area (Å²) in [6.07, 6.45) is 1.79. The molecule has 3 heteroatoms. The van der Waals surface area contributed by atoms with Crippen LogP contribution in [0.1, 0.15) is 17.0 Å². The minimum absolute atomic E-state index is 0.708. The van der Waals surface area contributed by atoms with Gasteiger partial charge in [0.05, 0.1) is 12.2 Å². The molecule has 0 fully saturated rings. The SMILES string of the molecule is Cc1cccc(CNc2ncccc2C)n1. The fourth-order valence-corrected chi connectivity index (χ4v) is 1.54. The monoisotopic (exact) mass is 213 g/mol. The quantitative estimate of drug-likeness (QED) is 0.851. The number of nitrogens with one attached hydrogen (secondary N) is 1. The molecule has 1 N–H and O–H groups in total. The molecular formula is C13H15N3. The molecule has 0 aliphatic carbocycles. The maximum Gasteiger partial charge on any atom is 0.129 e. The van der Waals surface area contributed by atoms with Gasteiger partial charge in [-0.25, -0.2) is 4.98 Å². The molecule has 0 aliphatic heterocycles. The van der Waals surface area contributed by atoms with Gasteiger partial charge in [0.15, 0.2) is 0 Å². The third-order valence-corrected chi connectivity index (χ3v) is 2.39. The number of hydrogen-bond donors (Lipinski definition) is 1. The van der Waals surface area contributed by atoms with Crippen molar-refractivity contribution in [3.8, 4) is 0 Å². The van der Waals surface area contributed by atoms with Crippen molar-refractivity contribution in [2.45, 2.75) is 20.4 Å². The zero-order valence-corrected chi connectivity index (χ0v) is 9.57. The molecule has 0 saturated carbocycles. The molecular weight excluding hydrogens is 198 g/mol. The molecule has 0 aromatic carbocycles. The van der Waals surface area contributed by atoms with E-state index in [2.05, 4.69) is 15.3 Å². The topological polar surface area (TPSA) is 37.8 Å². The van der Waals surface area contributed by atoms with Gasteiger partial charge in [-0.15, -0.1) is 0 Å². The van der Waals surface area contributed by atoms with Gasteiger partial charge in [0.2, 0.25) is 0 Å². The molecule has 0 atom stereocenters. The van der Waals surface area contributed by atoms with Gasteiger partial charge >= 0.3 is 0 Å². The molecule has 0 amide bonds. The van der Waals surface area contributed by atoms with Crippen LogP contribution in [0.3, 0.4) is 0 Å². The number of aromatic nitrogens is 2. The lowest BCUT2D eigenvalue weighted by Crippen LogP contribution is -2.04. The number of anilines is 1. The van der Waals surface area contributed by atoms with E-state index in [-0.39, 0.29) is 0 Å². The van der Waals surface area contributed by atoms with Crippen LogP contribution in [0.4, 0.5) is 5.82 Å². The van der Waals surface area contributed by atoms with E-state index in [0.29, 0.717) is 6.54 Å². The van der Waals surface area contributed by atoms with E-state index in [9.17, 15) is 0 Å². The molecule has 16 heavy (non-hydrogen) atoms. The normalized spacial score (nSPS) is 10.1. The van der Waals surface area contributed by atoms with E-state index >= 15 is 0 Å². The summed E-state index contributed by atoms with van der Waals surface area (Å²) in [5.41, 5.74) is 3.22. The second-order valence-electron chi connectivity index (χ2n) is 3.79. The molecule has 82 valence electrons. The Morgan fingerprint density at radius 3 is 2.75 bits per heavy atom. The second-order valence-corrected chi connectivity index (χ2v) is 3.79. The van der Waals surface area contributed by atoms with E-state index in [1.807, 2.05) is 44.2 Å². The average Bonchev–Trinajstić information content (AvgIpc) is 2.28. The molecule has 0 aliphatic rings. The van der Waals surface area contributed by atoms with Crippen molar-refractivity contribution in [2.24, 2.45) is 0 Å². The van der Waals surface area contributed by atoms with Crippen molar-refractivity contribution < 1.29 is 0 Å². The van der Waals surface area contributed by atoms with E-state index in [1.54, 1.807) is 6.20 Å². The Kier molecular flexibility index (Phi) is 3.15. The Morgan fingerprint density at radius 2 is 2.00 bits per heavy atom. The lowest BCUT2D eigenvalue weighted by molar-refractivity contribution is 0.999. The summed E-state index contributed by atoms with van der Waals surface area (Å²) in [6.45, 7) is 4.74. The van der Waals surface area contributed by atoms with E-state index < -0.39 is 0 Å². The number of aryl methyl sites for hydroxylation is 2. The van der Waals surface area contributed by atoms with E-state index in [1.165, 1.54) is 0 Å². The number of pyridine rings is 2. The summed E-state index contributed by atoms with van der Waals surface area (Å²) in [5.74, 6) is 0.922. The zero-order chi connectivity index (χ0) is 11.4. The Labute approximate surface area is 95.6 Å². The molecule has 0 bridgehead atoms. The molecule has 0 radical (unpaired) electrons. The lowest BCUT2D eigenvalue weighted by atomic mass is 10.2. The third kappa shape index (κ3) is 2.57. The van der Waals surface area contributed by atoms with Crippen molar-refractivity contribution in [3.63, 3.8) is 0 Å². The van der Waals surface area contributed by atoms with Crippen LogP contribution < -0.4 is 5.32 Å². The summed E-state index contributed by atoms with van der Waals surface area (Å²) in [5, 5.41) is 3.28. The smallest absolute Gasteiger partial charge is 0.129 e. The number of hydrogen-bond acceptors (Lipinski definition) is 3. The fraction of sp³-hybridized carbons (Fsp3) is 0.231. The van der Waals surface area contributed by atoms with Gasteiger partial charge in [0, 0.05) is 11.9 Å². The largest absolute Gasteiger partial charge is 0.364 e. The predicted octanol–water partition coefficient (Wildman–Crippen LogP) is 2.71. The first-order chi connectivity index (χ1) is 7.75. The highest BCUT2D eigenvalue weighted by molar-refractivity contribution is 5.42. The van der Waals surface area contributed by atoms with Crippen LogP contribution in [-0.4, -0.2) is 9.97 Å². The Morgan fingerprint density at radius 1 is 1.12 bits per heavy atom. The average molecular weight is 213 g/mol. The van der Waals surface area contributed by atoms with E-state index in [4.69, 9.17) is 0 Å². The highest BCUT2D eigenvalue weighted by Crippen LogP contribution is 2.10. The lowest BCUT2D eigenvalue weighted by Gasteiger charge is -2.07. The standard InChI is InChI=1S/C13H15N3/c1-10-5-4-8-14-13(10)15-9-12-7-3-6-11(2)16-12/h3-8H,9H2,1-2H3,(H,14,15). The Bertz CT molecular complexity index is 480. The molecule has 2 rings (SSSR count). The first-order valence-electron chi connectivity index (χ1n) is 5.34. The molecule has 0 saturated heterocycles.